The molecule has 0 aliphatic heterocycles. The van der Waals surface area contributed by atoms with E-state index in [2.05, 4.69) is 36.0 Å². The molecule has 0 aliphatic carbocycles. The number of rotatable bonds is 9. The molecular weight excluding hydrogens is 350 g/mol. The maximum absolute atomic E-state index is 12.4. The van der Waals surface area contributed by atoms with Gasteiger partial charge in [0.2, 0.25) is 5.91 Å². The SMILES string of the molecule is COC(=O)C(CCSC(=O)C(C)c1ccc(CC(C)C)cc1)NC(C)=O. The Labute approximate surface area is 160 Å². The Hall–Kier alpha value is -1.82. The molecule has 144 valence electrons. The van der Waals surface area contributed by atoms with Gasteiger partial charge in [-0.05, 0) is 29.9 Å². The van der Waals surface area contributed by atoms with E-state index in [4.69, 9.17) is 0 Å². The summed E-state index contributed by atoms with van der Waals surface area (Å²) in [5.41, 5.74) is 2.26. The van der Waals surface area contributed by atoms with Crippen LogP contribution in [-0.2, 0) is 25.5 Å². The van der Waals surface area contributed by atoms with E-state index in [1.165, 1.54) is 31.4 Å². The number of esters is 1. The minimum absolute atomic E-state index is 0.0491. The molecule has 6 heteroatoms. The van der Waals surface area contributed by atoms with Gasteiger partial charge < -0.3 is 10.1 Å². The molecule has 0 saturated carbocycles. The van der Waals surface area contributed by atoms with Crippen LogP contribution >= 0.6 is 11.8 Å². The Morgan fingerprint density at radius 3 is 2.23 bits per heavy atom. The Morgan fingerprint density at radius 2 is 1.73 bits per heavy atom. The number of hydrogen-bond acceptors (Lipinski definition) is 5. The fraction of sp³-hybridized carbons (Fsp3) is 0.550. The summed E-state index contributed by atoms with van der Waals surface area (Å²) in [5, 5.41) is 2.60. The zero-order chi connectivity index (χ0) is 19.7. The summed E-state index contributed by atoms with van der Waals surface area (Å²) >= 11 is 1.18. The molecule has 0 saturated heterocycles. The number of methoxy groups -OCH3 is 1. The van der Waals surface area contributed by atoms with E-state index in [9.17, 15) is 14.4 Å². The van der Waals surface area contributed by atoms with Crippen molar-refractivity contribution in [3.8, 4) is 0 Å². The fourth-order valence-corrected chi connectivity index (χ4v) is 3.53. The van der Waals surface area contributed by atoms with Gasteiger partial charge in [0.1, 0.15) is 6.04 Å². The molecule has 2 unspecified atom stereocenters. The van der Waals surface area contributed by atoms with E-state index in [-0.39, 0.29) is 16.9 Å². The highest BCUT2D eigenvalue weighted by atomic mass is 32.2. The lowest BCUT2D eigenvalue weighted by molar-refractivity contribution is -0.144. The molecule has 0 fully saturated rings. The minimum atomic E-state index is -0.719. The second kappa shape index (κ2) is 11.0. The van der Waals surface area contributed by atoms with Gasteiger partial charge in [-0.25, -0.2) is 4.79 Å². The molecule has 0 heterocycles. The second-order valence-corrected chi connectivity index (χ2v) is 7.89. The first-order valence-corrected chi connectivity index (χ1v) is 9.83. The quantitative estimate of drug-likeness (QED) is 0.667. The van der Waals surface area contributed by atoms with E-state index in [1.807, 2.05) is 19.1 Å². The van der Waals surface area contributed by atoms with Crippen molar-refractivity contribution in [2.75, 3.05) is 12.9 Å². The number of hydrogen-bond donors (Lipinski definition) is 1. The van der Waals surface area contributed by atoms with E-state index in [1.54, 1.807) is 0 Å². The first kappa shape index (κ1) is 22.2. The van der Waals surface area contributed by atoms with Crippen LogP contribution < -0.4 is 5.32 Å². The third kappa shape index (κ3) is 7.60. The van der Waals surface area contributed by atoms with Gasteiger partial charge in [0.25, 0.3) is 0 Å². The van der Waals surface area contributed by atoms with Gasteiger partial charge in [-0.15, -0.1) is 0 Å². The number of thioether (sulfide) groups is 1. The molecular formula is C20H29NO4S. The predicted molar refractivity (Wildman–Crippen MR) is 105 cm³/mol. The van der Waals surface area contributed by atoms with Gasteiger partial charge in [-0.2, -0.15) is 0 Å². The molecule has 0 radical (unpaired) electrons. The smallest absolute Gasteiger partial charge is 0.328 e. The van der Waals surface area contributed by atoms with Crippen molar-refractivity contribution < 1.29 is 19.1 Å². The Balaban J connectivity index is 2.55. The van der Waals surface area contributed by atoms with Crippen molar-refractivity contribution in [3.63, 3.8) is 0 Å². The lowest BCUT2D eigenvalue weighted by Crippen LogP contribution is -2.40. The van der Waals surface area contributed by atoms with Crippen LogP contribution in [0.1, 0.15) is 51.2 Å². The lowest BCUT2D eigenvalue weighted by Gasteiger charge is -2.16. The molecule has 1 amide bonds. The van der Waals surface area contributed by atoms with Crippen molar-refractivity contribution in [1.82, 2.24) is 5.32 Å². The average molecular weight is 380 g/mol. The van der Waals surface area contributed by atoms with Crippen LogP contribution in [0.5, 0.6) is 0 Å². The zero-order valence-corrected chi connectivity index (χ0v) is 17.0. The van der Waals surface area contributed by atoms with Gasteiger partial charge in [0, 0.05) is 12.7 Å². The standard InChI is InChI=1S/C20H29NO4S/c1-13(2)12-16-6-8-17(9-7-16)14(3)20(24)26-11-10-18(19(23)25-5)21-15(4)22/h6-9,13-14,18H,10-12H2,1-5H3,(H,21,22). The van der Waals surface area contributed by atoms with Crippen LogP contribution in [0.3, 0.4) is 0 Å². The number of carbonyl (C=O) groups is 3. The summed E-state index contributed by atoms with van der Waals surface area (Å²) in [5.74, 6) is 0.0233. The molecule has 2 atom stereocenters. The highest BCUT2D eigenvalue weighted by Gasteiger charge is 2.22. The maximum atomic E-state index is 12.4. The minimum Gasteiger partial charge on any atom is -0.467 e. The summed E-state index contributed by atoms with van der Waals surface area (Å²) in [6.07, 6.45) is 1.37. The normalized spacial score (nSPS) is 13.2. The number of benzene rings is 1. The van der Waals surface area contributed by atoms with Crippen LogP contribution in [0.15, 0.2) is 24.3 Å². The van der Waals surface area contributed by atoms with E-state index in [0.717, 1.165) is 12.0 Å². The second-order valence-electron chi connectivity index (χ2n) is 6.79. The Morgan fingerprint density at radius 1 is 1.12 bits per heavy atom. The van der Waals surface area contributed by atoms with E-state index >= 15 is 0 Å². The summed E-state index contributed by atoms with van der Waals surface area (Å²) in [7, 11) is 1.28. The summed E-state index contributed by atoms with van der Waals surface area (Å²) < 4.78 is 4.68. The fourth-order valence-electron chi connectivity index (χ4n) is 2.59. The monoisotopic (exact) mass is 379 g/mol. The highest BCUT2D eigenvalue weighted by Crippen LogP contribution is 2.24. The molecule has 0 spiro atoms. The summed E-state index contributed by atoms with van der Waals surface area (Å²) in [6, 6.07) is 7.45. The molecule has 1 N–H and O–H groups in total. The molecule has 5 nitrogen and oxygen atoms in total. The van der Waals surface area contributed by atoms with Gasteiger partial charge in [-0.3, -0.25) is 9.59 Å². The topological polar surface area (TPSA) is 72.5 Å². The van der Waals surface area contributed by atoms with E-state index < -0.39 is 12.0 Å². The summed E-state index contributed by atoms with van der Waals surface area (Å²) in [4.78, 5) is 35.2. The first-order valence-electron chi connectivity index (χ1n) is 8.85. The number of amides is 1. The maximum Gasteiger partial charge on any atom is 0.328 e. The van der Waals surface area contributed by atoms with Crippen molar-refractivity contribution in [2.24, 2.45) is 5.92 Å². The molecule has 26 heavy (non-hydrogen) atoms. The van der Waals surface area contributed by atoms with Crippen molar-refractivity contribution in [2.45, 2.75) is 52.5 Å². The van der Waals surface area contributed by atoms with Crippen molar-refractivity contribution in [3.05, 3.63) is 35.4 Å². The Bertz CT molecular complexity index is 613. The van der Waals surface area contributed by atoms with Gasteiger partial charge in [-0.1, -0.05) is 56.8 Å². The van der Waals surface area contributed by atoms with Gasteiger partial charge in [0.05, 0.1) is 13.0 Å². The largest absolute Gasteiger partial charge is 0.467 e. The lowest BCUT2D eigenvalue weighted by atomic mass is 9.97. The van der Waals surface area contributed by atoms with Crippen LogP contribution in [0.4, 0.5) is 0 Å². The van der Waals surface area contributed by atoms with Gasteiger partial charge in [0.15, 0.2) is 5.12 Å². The van der Waals surface area contributed by atoms with Crippen LogP contribution in [0, 0.1) is 5.92 Å². The predicted octanol–water partition coefficient (Wildman–Crippen LogP) is 3.32. The highest BCUT2D eigenvalue weighted by molar-refractivity contribution is 8.13. The summed E-state index contributed by atoms with van der Waals surface area (Å²) in [6.45, 7) is 7.59. The average Bonchev–Trinajstić information content (AvgIpc) is 2.59. The molecule has 1 aromatic carbocycles. The van der Waals surface area contributed by atoms with E-state index in [0.29, 0.717) is 18.1 Å². The van der Waals surface area contributed by atoms with Crippen LogP contribution in [0.2, 0.25) is 0 Å². The third-order valence-electron chi connectivity index (χ3n) is 3.99. The molecule has 0 aliphatic rings. The molecule has 1 rings (SSSR count). The molecule has 1 aromatic rings. The number of ether oxygens (including phenoxy) is 1. The number of carbonyl (C=O) groups excluding carboxylic acids is 3. The number of nitrogens with one attached hydrogen (secondary N) is 1. The van der Waals surface area contributed by atoms with Crippen LogP contribution in [0.25, 0.3) is 0 Å². The molecule has 0 aromatic heterocycles. The third-order valence-corrected chi connectivity index (χ3v) is 5.07. The van der Waals surface area contributed by atoms with Crippen molar-refractivity contribution in [1.29, 1.82) is 0 Å². The Kier molecular flexibility index (Phi) is 9.41. The van der Waals surface area contributed by atoms with Gasteiger partial charge >= 0.3 is 5.97 Å². The first-order chi connectivity index (χ1) is 12.2. The molecule has 0 bridgehead atoms. The zero-order valence-electron chi connectivity index (χ0n) is 16.2. The van der Waals surface area contributed by atoms with Crippen molar-refractivity contribution >= 4 is 28.8 Å². The van der Waals surface area contributed by atoms with Crippen LogP contribution in [-0.4, -0.2) is 35.9 Å².